The van der Waals surface area contributed by atoms with E-state index in [1.165, 1.54) is 9.44 Å². The van der Waals surface area contributed by atoms with Gasteiger partial charge in [-0.1, -0.05) is 6.92 Å². The largest absolute Gasteiger partial charge is 0.480 e. The fourth-order valence-corrected chi connectivity index (χ4v) is 4.27. The van der Waals surface area contributed by atoms with E-state index >= 15 is 0 Å². The summed E-state index contributed by atoms with van der Waals surface area (Å²) in [4.78, 5) is 31.1. The van der Waals surface area contributed by atoms with Crippen molar-refractivity contribution in [2.24, 2.45) is 0 Å². The van der Waals surface area contributed by atoms with Gasteiger partial charge in [0.15, 0.2) is 0 Å². The summed E-state index contributed by atoms with van der Waals surface area (Å²) in [5.74, 6) is -0.479. The number of aromatic nitrogens is 2. The Labute approximate surface area is 126 Å². The average Bonchev–Trinajstić information content (AvgIpc) is 2.97. The van der Waals surface area contributed by atoms with Gasteiger partial charge in [-0.05, 0) is 38.7 Å². The second kappa shape index (κ2) is 4.66. The van der Waals surface area contributed by atoms with Gasteiger partial charge in [-0.25, -0.2) is 9.78 Å². The molecule has 1 aliphatic rings. The zero-order valence-electron chi connectivity index (χ0n) is 12.4. The van der Waals surface area contributed by atoms with Crippen molar-refractivity contribution in [1.82, 2.24) is 9.55 Å². The van der Waals surface area contributed by atoms with Crippen LogP contribution in [0.1, 0.15) is 43.5 Å². The number of carboxylic acid groups (broad SMARTS) is 1. The fraction of sp³-hybridized carbons (Fsp3) is 0.533. The van der Waals surface area contributed by atoms with E-state index in [0.717, 1.165) is 29.7 Å². The van der Waals surface area contributed by atoms with Crippen LogP contribution in [0.15, 0.2) is 4.79 Å². The lowest BCUT2D eigenvalue weighted by molar-refractivity contribution is -0.146. The number of fused-ring (bicyclic) bond motifs is 3. The summed E-state index contributed by atoms with van der Waals surface area (Å²) in [6.45, 7) is 5.00. The van der Waals surface area contributed by atoms with E-state index in [1.807, 2.05) is 6.92 Å². The molecule has 0 bridgehead atoms. The Bertz CT molecular complexity index is 801. The lowest BCUT2D eigenvalue weighted by Gasteiger charge is -2.25. The number of rotatable bonds is 3. The Morgan fingerprint density at radius 1 is 1.43 bits per heavy atom. The lowest BCUT2D eigenvalue weighted by atomic mass is 10.0. The van der Waals surface area contributed by atoms with Crippen LogP contribution in [0.3, 0.4) is 0 Å². The molecule has 0 saturated heterocycles. The Hall–Kier alpha value is -1.69. The standard InChI is InChI=1S/C15H18N2O3S/c1-4-10-16-12-11(8-6-5-7-9(8)21-12)13(18)17(10)15(2,3)14(19)20/h4-7H2,1-3H3,(H,19,20). The third kappa shape index (κ3) is 1.92. The van der Waals surface area contributed by atoms with Gasteiger partial charge in [-0.15, -0.1) is 11.3 Å². The Morgan fingerprint density at radius 3 is 2.76 bits per heavy atom. The molecule has 112 valence electrons. The molecule has 0 amide bonds. The molecule has 0 fully saturated rings. The number of hydrogen-bond acceptors (Lipinski definition) is 4. The van der Waals surface area contributed by atoms with E-state index in [-0.39, 0.29) is 5.56 Å². The van der Waals surface area contributed by atoms with Crippen molar-refractivity contribution in [1.29, 1.82) is 0 Å². The third-order valence-electron chi connectivity index (χ3n) is 4.21. The predicted molar refractivity (Wildman–Crippen MR) is 82.2 cm³/mol. The minimum atomic E-state index is -1.29. The zero-order valence-corrected chi connectivity index (χ0v) is 13.2. The van der Waals surface area contributed by atoms with Gasteiger partial charge in [0.05, 0.1) is 5.39 Å². The monoisotopic (exact) mass is 306 g/mol. The molecular formula is C15H18N2O3S. The second-order valence-electron chi connectivity index (χ2n) is 5.92. The Kier molecular flexibility index (Phi) is 3.16. The van der Waals surface area contributed by atoms with Gasteiger partial charge < -0.3 is 5.11 Å². The third-order valence-corrected chi connectivity index (χ3v) is 5.39. The molecule has 0 unspecified atom stereocenters. The van der Waals surface area contributed by atoms with Crippen LogP contribution in [0.5, 0.6) is 0 Å². The maximum absolute atomic E-state index is 12.9. The molecule has 1 N–H and O–H groups in total. The summed E-state index contributed by atoms with van der Waals surface area (Å²) < 4.78 is 1.36. The topological polar surface area (TPSA) is 72.2 Å². The van der Waals surface area contributed by atoms with Gasteiger partial charge in [0.25, 0.3) is 5.56 Å². The molecule has 1 aliphatic carbocycles. The molecule has 6 heteroatoms. The number of thiophene rings is 1. The molecule has 2 aromatic rings. The van der Waals surface area contributed by atoms with Gasteiger partial charge in [-0.2, -0.15) is 0 Å². The molecule has 21 heavy (non-hydrogen) atoms. The van der Waals surface area contributed by atoms with Crippen LogP contribution >= 0.6 is 11.3 Å². The normalized spacial score (nSPS) is 14.6. The minimum Gasteiger partial charge on any atom is -0.480 e. The summed E-state index contributed by atoms with van der Waals surface area (Å²) in [5, 5.41) is 10.1. The molecule has 0 radical (unpaired) electrons. The van der Waals surface area contributed by atoms with Crippen molar-refractivity contribution >= 4 is 27.5 Å². The molecule has 2 heterocycles. The van der Waals surface area contributed by atoms with Crippen molar-refractivity contribution < 1.29 is 9.90 Å². The van der Waals surface area contributed by atoms with E-state index in [1.54, 1.807) is 25.2 Å². The fourth-order valence-electron chi connectivity index (χ4n) is 2.99. The molecule has 5 nitrogen and oxygen atoms in total. The summed E-state index contributed by atoms with van der Waals surface area (Å²) in [7, 11) is 0. The number of carboxylic acids is 1. The molecular weight excluding hydrogens is 288 g/mol. The SMILES string of the molecule is CCc1nc2sc3c(c2c(=O)n1C(C)(C)C(=O)O)CCC3. The maximum atomic E-state index is 12.9. The highest BCUT2D eigenvalue weighted by Crippen LogP contribution is 2.35. The predicted octanol–water partition coefficient (Wildman–Crippen LogP) is 2.33. The van der Waals surface area contributed by atoms with E-state index in [0.29, 0.717) is 17.6 Å². The molecule has 0 spiro atoms. The molecule has 0 saturated carbocycles. The second-order valence-corrected chi connectivity index (χ2v) is 7.01. The highest BCUT2D eigenvalue weighted by molar-refractivity contribution is 7.18. The van der Waals surface area contributed by atoms with Crippen molar-refractivity contribution in [2.75, 3.05) is 0 Å². The van der Waals surface area contributed by atoms with Crippen LogP contribution in [0.4, 0.5) is 0 Å². The summed E-state index contributed by atoms with van der Waals surface area (Å²) in [5.41, 5.74) is -0.412. The van der Waals surface area contributed by atoms with Crippen molar-refractivity contribution in [3.63, 3.8) is 0 Å². The zero-order chi connectivity index (χ0) is 15.4. The minimum absolute atomic E-state index is 0.205. The summed E-state index contributed by atoms with van der Waals surface area (Å²) >= 11 is 1.59. The molecule has 3 rings (SSSR count). The molecule has 2 aromatic heterocycles. The Balaban J connectivity index is 2.41. The quantitative estimate of drug-likeness (QED) is 0.944. The van der Waals surface area contributed by atoms with Crippen LogP contribution < -0.4 is 5.56 Å². The van der Waals surface area contributed by atoms with Crippen LogP contribution in [-0.4, -0.2) is 20.6 Å². The van der Waals surface area contributed by atoms with Gasteiger partial charge in [-0.3, -0.25) is 9.36 Å². The first kappa shape index (κ1) is 14.3. The summed E-state index contributed by atoms with van der Waals surface area (Å²) in [6, 6.07) is 0. The van der Waals surface area contributed by atoms with Gasteiger partial charge >= 0.3 is 5.97 Å². The molecule has 0 aliphatic heterocycles. The first-order valence-corrected chi connectivity index (χ1v) is 7.99. The average molecular weight is 306 g/mol. The van der Waals surface area contributed by atoms with Gasteiger partial charge in [0.2, 0.25) is 0 Å². The Morgan fingerprint density at radius 2 is 2.14 bits per heavy atom. The highest BCUT2D eigenvalue weighted by Gasteiger charge is 2.34. The first-order chi connectivity index (χ1) is 9.87. The van der Waals surface area contributed by atoms with Crippen LogP contribution in [0, 0.1) is 0 Å². The van der Waals surface area contributed by atoms with Crippen LogP contribution in [0.2, 0.25) is 0 Å². The number of carbonyl (C=O) groups is 1. The van der Waals surface area contributed by atoms with Crippen molar-refractivity contribution in [3.05, 3.63) is 26.6 Å². The van der Waals surface area contributed by atoms with E-state index in [2.05, 4.69) is 4.98 Å². The maximum Gasteiger partial charge on any atom is 0.329 e. The van der Waals surface area contributed by atoms with Crippen LogP contribution in [-0.2, 0) is 29.6 Å². The van der Waals surface area contributed by atoms with E-state index in [9.17, 15) is 14.7 Å². The van der Waals surface area contributed by atoms with Crippen LogP contribution in [0.25, 0.3) is 10.2 Å². The van der Waals surface area contributed by atoms with Gasteiger partial charge in [0.1, 0.15) is 16.2 Å². The first-order valence-electron chi connectivity index (χ1n) is 7.18. The van der Waals surface area contributed by atoms with Crippen molar-refractivity contribution in [3.8, 4) is 0 Å². The molecule has 0 aromatic carbocycles. The van der Waals surface area contributed by atoms with E-state index in [4.69, 9.17) is 0 Å². The number of aryl methyl sites for hydroxylation is 3. The van der Waals surface area contributed by atoms with Crippen molar-refractivity contribution in [2.45, 2.75) is 52.0 Å². The number of aliphatic carboxylic acids is 1. The highest BCUT2D eigenvalue weighted by atomic mass is 32.1. The van der Waals surface area contributed by atoms with Gasteiger partial charge in [0, 0.05) is 11.3 Å². The van der Waals surface area contributed by atoms with E-state index < -0.39 is 11.5 Å². The molecule has 0 atom stereocenters. The smallest absolute Gasteiger partial charge is 0.329 e. The number of hydrogen-bond donors (Lipinski definition) is 1. The number of nitrogens with zero attached hydrogens (tertiary/aromatic N) is 2. The lowest BCUT2D eigenvalue weighted by Crippen LogP contribution is -2.44. The summed E-state index contributed by atoms with van der Waals surface area (Å²) in [6.07, 6.45) is 3.49.